The lowest BCUT2D eigenvalue weighted by Gasteiger charge is -2.26. The topological polar surface area (TPSA) is 66.6 Å². The van der Waals surface area contributed by atoms with Crippen molar-refractivity contribution in [3.05, 3.63) is 58.1 Å². The Kier molecular flexibility index (Phi) is 4.53. The summed E-state index contributed by atoms with van der Waals surface area (Å²) in [7, 11) is 1.71. The van der Waals surface area contributed by atoms with Crippen LogP contribution in [0.4, 0.5) is 5.69 Å². The van der Waals surface area contributed by atoms with Gasteiger partial charge in [0.2, 0.25) is 0 Å². The maximum atomic E-state index is 12.5. The molecular weight excluding hydrogens is 332 g/mol. The summed E-state index contributed by atoms with van der Waals surface area (Å²) in [6.45, 7) is 1.87. The number of nitrogen functional groups attached to an aromatic ring is 1. The molecule has 110 valence electrons. The average molecular weight is 349 g/mol. The second kappa shape index (κ2) is 6.18. The van der Waals surface area contributed by atoms with Crippen molar-refractivity contribution in [3.63, 3.8) is 0 Å². The van der Waals surface area contributed by atoms with Gasteiger partial charge in [-0.15, -0.1) is 0 Å². The maximum absolute atomic E-state index is 12.5. The van der Waals surface area contributed by atoms with E-state index in [1.54, 1.807) is 42.3 Å². The predicted octanol–water partition coefficient (Wildman–Crippen LogP) is 3.57. The van der Waals surface area contributed by atoms with Crippen molar-refractivity contribution in [2.75, 3.05) is 12.8 Å². The minimum Gasteiger partial charge on any atom is -0.508 e. The zero-order valence-electron chi connectivity index (χ0n) is 11.9. The molecule has 2 aromatic rings. The molecule has 0 bridgehead atoms. The number of hydrogen-bond acceptors (Lipinski definition) is 3. The first-order chi connectivity index (χ1) is 9.91. The van der Waals surface area contributed by atoms with Crippen LogP contribution in [-0.2, 0) is 0 Å². The number of carbonyl (C=O) groups excluding carboxylic acids is 1. The molecule has 3 N–H and O–H groups in total. The fourth-order valence-electron chi connectivity index (χ4n) is 2.09. The number of nitrogens with zero attached hydrogens (tertiary/aromatic N) is 1. The van der Waals surface area contributed by atoms with E-state index in [1.807, 2.05) is 19.1 Å². The molecule has 2 rings (SSSR count). The summed E-state index contributed by atoms with van der Waals surface area (Å²) in [5.74, 6) is 0.0505. The molecule has 0 saturated carbocycles. The molecule has 1 atom stereocenters. The minimum absolute atomic E-state index is 0.133. The smallest absolute Gasteiger partial charge is 0.254 e. The van der Waals surface area contributed by atoms with Crippen molar-refractivity contribution in [1.29, 1.82) is 0 Å². The molecular formula is C16H17BrN2O2. The third-order valence-electron chi connectivity index (χ3n) is 3.54. The van der Waals surface area contributed by atoms with Gasteiger partial charge in [-0.05, 0) is 47.1 Å². The number of halogens is 1. The highest BCUT2D eigenvalue weighted by atomic mass is 79.9. The number of carbonyl (C=O) groups is 1. The Balaban J connectivity index is 2.26. The quantitative estimate of drug-likeness (QED) is 0.833. The Bertz CT molecular complexity index is 673. The van der Waals surface area contributed by atoms with Gasteiger partial charge in [-0.25, -0.2) is 0 Å². The average Bonchev–Trinajstić information content (AvgIpc) is 2.48. The van der Waals surface area contributed by atoms with Crippen LogP contribution in [0.2, 0.25) is 0 Å². The molecule has 0 saturated heterocycles. The number of phenols is 1. The lowest BCUT2D eigenvalue weighted by Crippen LogP contribution is -2.29. The standard InChI is InChI=1S/C16H17BrN2O2/c1-10(12-5-3-4-6-15(12)20)19(2)16(21)11-7-8-14(18)13(17)9-11/h3-10,20H,18H2,1-2H3. The van der Waals surface area contributed by atoms with Crippen LogP contribution in [0, 0.1) is 0 Å². The summed E-state index contributed by atoms with van der Waals surface area (Å²) in [4.78, 5) is 14.1. The second-order valence-corrected chi connectivity index (χ2v) is 5.74. The minimum atomic E-state index is -0.241. The molecule has 5 heteroatoms. The zero-order valence-corrected chi connectivity index (χ0v) is 13.5. The maximum Gasteiger partial charge on any atom is 0.254 e. The molecule has 0 aliphatic heterocycles. The monoisotopic (exact) mass is 348 g/mol. The number of amides is 1. The van der Waals surface area contributed by atoms with Crippen molar-refractivity contribution >= 4 is 27.5 Å². The summed E-state index contributed by atoms with van der Waals surface area (Å²) < 4.78 is 0.692. The molecule has 0 aliphatic rings. The van der Waals surface area contributed by atoms with Gasteiger partial charge in [0, 0.05) is 28.3 Å². The van der Waals surface area contributed by atoms with Crippen LogP contribution < -0.4 is 5.73 Å². The fourth-order valence-corrected chi connectivity index (χ4v) is 2.47. The van der Waals surface area contributed by atoms with Gasteiger partial charge < -0.3 is 15.7 Å². The lowest BCUT2D eigenvalue weighted by atomic mass is 10.0. The van der Waals surface area contributed by atoms with Crippen LogP contribution in [0.25, 0.3) is 0 Å². The Hall–Kier alpha value is -2.01. The van der Waals surface area contributed by atoms with Gasteiger partial charge in [-0.3, -0.25) is 4.79 Å². The zero-order chi connectivity index (χ0) is 15.6. The summed E-state index contributed by atoms with van der Waals surface area (Å²) in [6, 6.07) is 11.9. The molecule has 0 spiro atoms. The van der Waals surface area contributed by atoms with Crippen LogP contribution in [0.3, 0.4) is 0 Å². The van der Waals surface area contributed by atoms with Gasteiger partial charge >= 0.3 is 0 Å². The number of hydrogen-bond donors (Lipinski definition) is 2. The van der Waals surface area contributed by atoms with Gasteiger partial charge in [0.25, 0.3) is 5.91 Å². The Morgan fingerprint density at radius 1 is 1.29 bits per heavy atom. The van der Waals surface area contributed by atoms with E-state index in [0.29, 0.717) is 21.3 Å². The molecule has 0 fully saturated rings. The Morgan fingerprint density at radius 2 is 1.95 bits per heavy atom. The molecule has 0 aliphatic carbocycles. The molecule has 2 aromatic carbocycles. The van der Waals surface area contributed by atoms with E-state index in [0.717, 1.165) is 0 Å². The summed E-state index contributed by atoms with van der Waals surface area (Å²) in [5, 5.41) is 9.90. The Labute approximate surface area is 132 Å². The van der Waals surface area contributed by atoms with Crippen LogP contribution in [-0.4, -0.2) is 23.0 Å². The van der Waals surface area contributed by atoms with E-state index in [4.69, 9.17) is 5.73 Å². The highest BCUT2D eigenvalue weighted by Gasteiger charge is 2.21. The molecule has 1 amide bonds. The van der Waals surface area contributed by atoms with E-state index < -0.39 is 0 Å². The molecule has 0 radical (unpaired) electrons. The number of para-hydroxylation sites is 1. The van der Waals surface area contributed by atoms with Crippen LogP contribution in [0.1, 0.15) is 28.9 Å². The number of rotatable bonds is 3. The molecule has 21 heavy (non-hydrogen) atoms. The first-order valence-corrected chi connectivity index (χ1v) is 7.31. The van der Waals surface area contributed by atoms with Crippen LogP contribution in [0.15, 0.2) is 46.9 Å². The van der Waals surface area contributed by atoms with E-state index >= 15 is 0 Å². The first-order valence-electron chi connectivity index (χ1n) is 6.52. The number of nitrogens with two attached hydrogens (primary N) is 1. The van der Waals surface area contributed by atoms with Crippen molar-refractivity contribution in [3.8, 4) is 5.75 Å². The predicted molar refractivity (Wildman–Crippen MR) is 87.2 cm³/mol. The van der Waals surface area contributed by atoms with Gasteiger partial charge in [0.05, 0.1) is 6.04 Å². The molecule has 0 aromatic heterocycles. The number of benzene rings is 2. The third-order valence-corrected chi connectivity index (χ3v) is 4.22. The first kappa shape index (κ1) is 15.4. The van der Waals surface area contributed by atoms with E-state index in [2.05, 4.69) is 15.9 Å². The SMILES string of the molecule is CC(c1ccccc1O)N(C)C(=O)c1ccc(N)c(Br)c1. The second-order valence-electron chi connectivity index (χ2n) is 4.89. The van der Waals surface area contributed by atoms with E-state index in [1.165, 1.54) is 0 Å². The number of phenolic OH excluding ortho intramolecular Hbond substituents is 1. The lowest BCUT2D eigenvalue weighted by molar-refractivity contribution is 0.0741. The molecule has 0 heterocycles. The summed E-state index contributed by atoms with van der Waals surface area (Å²) in [5.41, 5.74) is 7.57. The van der Waals surface area contributed by atoms with Gasteiger partial charge in [-0.2, -0.15) is 0 Å². The summed E-state index contributed by atoms with van der Waals surface area (Å²) >= 11 is 3.32. The molecule has 1 unspecified atom stereocenters. The van der Waals surface area contributed by atoms with Crippen LogP contribution in [0.5, 0.6) is 5.75 Å². The molecule has 4 nitrogen and oxygen atoms in total. The van der Waals surface area contributed by atoms with Crippen molar-refractivity contribution in [1.82, 2.24) is 4.90 Å². The third kappa shape index (κ3) is 3.19. The highest BCUT2D eigenvalue weighted by molar-refractivity contribution is 9.10. The van der Waals surface area contributed by atoms with Gasteiger partial charge in [-0.1, -0.05) is 18.2 Å². The van der Waals surface area contributed by atoms with Crippen LogP contribution >= 0.6 is 15.9 Å². The normalized spacial score (nSPS) is 12.0. The van der Waals surface area contributed by atoms with Crippen molar-refractivity contribution in [2.45, 2.75) is 13.0 Å². The van der Waals surface area contributed by atoms with Gasteiger partial charge in [0.15, 0.2) is 0 Å². The largest absolute Gasteiger partial charge is 0.508 e. The van der Waals surface area contributed by atoms with Gasteiger partial charge in [0.1, 0.15) is 5.75 Å². The van der Waals surface area contributed by atoms with E-state index in [9.17, 15) is 9.90 Å². The van der Waals surface area contributed by atoms with Crippen molar-refractivity contribution in [2.24, 2.45) is 0 Å². The fraction of sp³-hybridized carbons (Fsp3) is 0.188. The number of anilines is 1. The highest BCUT2D eigenvalue weighted by Crippen LogP contribution is 2.29. The number of aromatic hydroxyl groups is 1. The van der Waals surface area contributed by atoms with Crippen molar-refractivity contribution < 1.29 is 9.90 Å². The Morgan fingerprint density at radius 3 is 2.57 bits per heavy atom. The van der Waals surface area contributed by atoms with E-state index in [-0.39, 0.29) is 17.7 Å². The summed E-state index contributed by atoms with van der Waals surface area (Å²) in [6.07, 6.45) is 0.